The fraction of sp³-hybridized carbons (Fsp3) is 0.111. The first-order valence-electron chi connectivity index (χ1n) is 7.60. The zero-order valence-corrected chi connectivity index (χ0v) is 15.3. The van der Waals surface area contributed by atoms with Crippen LogP contribution in [0, 0.1) is 6.92 Å². The second-order valence-corrected chi connectivity index (χ2v) is 7.70. The average Bonchev–Trinajstić information content (AvgIpc) is 2.85. The van der Waals surface area contributed by atoms with Crippen molar-refractivity contribution in [3.05, 3.63) is 64.7 Å². The number of nitrogen functional groups attached to an aromatic ring is 1. The summed E-state index contributed by atoms with van der Waals surface area (Å²) >= 11 is 5.83. The molecule has 0 unspecified atom stereocenters. The van der Waals surface area contributed by atoms with E-state index in [1.807, 2.05) is 6.07 Å². The summed E-state index contributed by atoms with van der Waals surface area (Å²) in [6, 6.07) is 13.4. The summed E-state index contributed by atoms with van der Waals surface area (Å²) in [7, 11) is -4.05. The highest BCUT2D eigenvalue weighted by Crippen LogP contribution is 2.45. The third-order valence-electron chi connectivity index (χ3n) is 3.78. The SMILES string of the molecule is Cc1ccccc1CS(=O)(=O)Oc1c(N)oc(-c2ccc(Cl)cc2)c1O. The molecule has 0 saturated heterocycles. The zero-order valence-electron chi connectivity index (χ0n) is 13.8. The van der Waals surface area contributed by atoms with Crippen molar-refractivity contribution in [1.29, 1.82) is 0 Å². The lowest BCUT2D eigenvalue weighted by molar-refractivity contribution is 0.432. The van der Waals surface area contributed by atoms with Crippen LogP contribution < -0.4 is 9.92 Å². The molecule has 0 saturated carbocycles. The van der Waals surface area contributed by atoms with Crippen molar-refractivity contribution >= 4 is 27.6 Å². The van der Waals surface area contributed by atoms with Crippen molar-refractivity contribution in [2.24, 2.45) is 0 Å². The molecule has 0 fully saturated rings. The molecule has 1 heterocycles. The molecule has 0 radical (unpaired) electrons. The van der Waals surface area contributed by atoms with E-state index in [4.69, 9.17) is 25.9 Å². The molecule has 3 N–H and O–H groups in total. The maximum atomic E-state index is 12.4. The van der Waals surface area contributed by atoms with Crippen LogP contribution in [-0.4, -0.2) is 13.5 Å². The number of benzene rings is 2. The van der Waals surface area contributed by atoms with E-state index in [9.17, 15) is 13.5 Å². The first kappa shape index (κ1) is 18.2. The van der Waals surface area contributed by atoms with Crippen LogP contribution in [0.25, 0.3) is 11.3 Å². The molecule has 2 aromatic carbocycles. The molecular formula is C18H16ClNO5S. The predicted molar refractivity (Wildman–Crippen MR) is 99.7 cm³/mol. The highest BCUT2D eigenvalue weighted by Gasteiger charge is 2.26. The van der Waals surface area contributed by atoms with Crippen LogP contribution in [0.15, 0.2) is 52.9 Å². The van der Waals surface area contributed by atoms with E-state index in [0.717, 1.165) is 5.56 Å². The Bertz CT molecular complexity index is 1040. The van der Waals surface area contributed by atoms with Gasteiger partial charge in [0.15, 0.2) is 5.76 Å². The van der Waals surface area contributed by atoms with Gasteiger partial charge < -0.3 is 19.4 Å². The molecule has 0 spiro atoms. The minimum absolute atomic E-state index is 0.000239. The molecule has 0 aliphatic rings. The summed E-state index contributed by atoms with van der Waals surface area (Å²) in [6.45, 7) is 1.80. The molecule has 26 heavy (non-hydrogen) atoms. The van der Waals surface area contributed by atoms with Crippen LogP contribution in [-0.2, 0) is 15.9 Å². The Morgan fingerprint density at radius 1 is 1.15 bits per heavy atom. The maximum absolute atomic E-state index is 12.4. The summed E-state index contributed by atoms with van der Waals surface area (Å²) in [4.78, 5) is 0. The van der Waals surface area contributed by atoms with Gasteiger partial charge in [-0.05, 0) is 42.3 Å². The van der Waals surface area contributed by atoms with Gasteiger partial charge in [0.05, 0.1) is 0 Å². The zero-order chi connectivity index (χ0) is 18.9. The Morgan fingerprint density at radius 2 is 1.81 bits per heavy atom. The van der Waals surface area contributed by atoms with E-state index < -0.39 is 21.6 Å². The largest absolute Gasteiger partial charge is 0.501 e. The van der Waals surface area contributed by atoms with E-state index >= 15 is 0 Å². The summed E-state index contributed by atoms with van der Waals surface area (Å²) in [5.41, 5.74) is 7.58. The molecule has 0 amide bonds. The Labute approximate surface area is 155 Å². The van der Waals surface area contributed by atoms with Gasteiger partial charge in [0.1, 0.15) is 5.75 Å². The number of aryl methyl sites for hydroxylation is 1. The van der Waals surface area contributed by atoms with Crippen molar-refractivity contribution < 1.29 is 22.1 Å². The Hall–Kier alpha value is -2.64. The fourth-order valence-electron chi connectivity index (χ4n) is 2.42. The molecule has 6 nitrogen and oxygen atoms in total. The first-order valence-corrected chi connectivity index (χ1v) is 9.56. The smallest absolute Gasteiger partial charge is 0.313 e. The number of hydrogen-bond donors (Lipinski definition) is 2. The van der Waals surface area contributed by atoms with Crippen molar-refractivity contribution in [2.75, 3.05) is 5.73 Å². The fourth-order valence-corrected chi connectivity index (χ4v) is 3.73. The van der Waals surface area contributed by atoms with Gasteiger partial charge in [-0.25, -0.2) is 0 Å². The summed E-state index contributed by atoms with van der Waals surface area (Å²) in [5, 5.41) is 10.8. The van der Waals surface area contributed by atoms with Gasteiger partial charge in [-0.1, -0.05) is 35.9 Å². The third kappa shape index (κ3) is 3.79. The van der Waals surface area contributed by atoms with Crippen LogP contribution in [0.2, 0.25) is 5.02 Å². The normalized spacial score (nSPS) is 11.5. The predicted octanol–water partition coefficient (Wildman–Crippen LogP) is 4.11. The second kappa shape index (κ2) is 6.93. The number of rotatable bonds is 5. The molecule has 3 aromatic rings. The van der Waals surface area contributed by atoms with E-state index in [2.05, 4.69) is 0 Å². The molecule has 0 aliphatic heterocycles. The number of halogens is 1. The van der Waals surface area contributed by atoms with Gasteiger partial charge in [0, 0.05) is 10.6 Å². The molecule has 0 aliphatic carbocycles. The van der Waals surface area contributed by atoms with Crippen LogP contribution in [0.3, 0.4) is 0 Å². The molecular weight excluding hydrogens is 378 g/mol. The average molecular weight is 394 g/mol. The number of furan rings is 1. The van der Waals surface area contributed by atoms with Gasteiger partial charge in [-0.2, -0.15) is 8.42 Å². The first-order chi connectivity index (χ1) is 12.3. The van der Waals surface area contributed by atoms with E-state index in [-0.39, 0.29) is 17.4 Å². The topological polar surface area (TPSA) is 103 Å². The summed E-state index contributed by atoms with van der Waals surface area (Å²) in [6.07, 6.45) is 0. The quantitative estimate of drug-likeness (QED) is 0.632. The minimum Gasteiger partial charge on any atom is -0.501 e. The number of aromatic hydroxyl groups is 1. The van der Waals surface area contributed by atoms with E-state index in [1.165, 1.54) is 0 Å². The number of hydrogen-bond acceptors (Lipinski definition) is 6. The van der Waals surface area contributed by atoms with Gasteiger partial charge >= 0.3 is 10.1 Å². The molecule has 0 bridgehead atoms. The van der Waals surface area contributed by atoms with Crippen LogP contribution >= 0.6 is 11.6 Å². The van der Waals surface area contributed by atoms with Crippen LogP contribution in [0.1, 0.15) is 11.1 Å². The van der Waals surface area contributed by atoms with E-state index in [0.29, 0.717) is 16.1 Å². The Balaban J connectivity index is 1.90. The van der Waals surface area contributed by atoms with Crippen molar-refractivity contribution in [3.63, 3.8) is 0 Å². The summed E-state index contributed by atoms with van der Waals surface area (Å²) in [5.74, 6) is -1.61. The van der Waals surface area contributed by atoms with Crippen molar-refractivity contribution in [3.8, 4) is 22.8 Å². The third-order valence-corrected chi connectivity index (χ3v) is 5.11. The molecule has 136 valence electrons. The van der Waals surface area contributed by atoms with Gasteiger partial charge in [-0.15, -0.1) is 0 Å². The number of anilines is 1. The lowest BCUT2D eigenvalue weighted by atomic mass is 10.1. The molecule has 0 atom stereocenters. The van der Waals surface area contributed by atoms with Gasteiger partial charge in [0.25, 0.3) is 0 Å². The van der Waals surface area contributed by atoms with Crippen molar-refractivity contribution in [2.45, 2.75) is 12.7 Å². The van der Waals surface area contributed by atoms with Crippen molar-refractivity contribution in [1.82, 2.24) is 0 Å². The van der Waals surface area contributed by atoms with Crippen LogP contribution in [0.4, 0.5) is 5.88 Å². The lowest BCUT2D eigenvalue weighted by Gasteiger charge is -2.08. The number of nitrogens with two attached hydrogens (primary N) is 1. The summed E-state index contributed by atoms with van der Waals surface area (Å²) < 4.78 is 35.0. The Morgan fingerprint density at radius 3 is 2.46 bits per heavy atom. The van der Waals surface area contributed by atoms with Crippen LogP contribution in [0.5, 0.6) is 11.5 Å². The van der Waals surface area contributed by atoms with Gasteiger partial charge in [0.2, 0.25) is 17.4 Å². The highest BCUT2D eigenvalue weighted by atomic mass is 35.5. The minimum atomic E-state index is -4.05. The highest BCUT2D eigenvalue weighted by molar-refractivity contribution is 7.86. The second-order valence-electron chi connectivity index (χ2n) is 5.69. The van der Waals surface area contributed by atoms with Gasteiger partial charge in [-0.3, -0.25) is 0 Å². The monoisotopic (exact) mass is 393 g/mol. The standard InChI is InChI=1S/C18H16ClNO5S/c1-11-4-2-3-5-13(11)10-26(22,23)25-17-15(21)16(24-18(17)20)12-6-8-14(19)9-7-12/h2-9,21H,10,20H2,1H3. The molecule has 1 aromatic heterocycles. The Kier molecular flexibility index (Phi) is 4.84. The molecule has 8 heteroatoms. The molecule has 3 rings (SSSR count). The maximum Gasteiger partial charge on any atom is 0.313 e. The van der Waals surface area contributed by atoms with E-state index in [1.54, 1.807) is 49.4 Å². The lowest BCUT2D eigenvalue weighted by Crippen LogP contribution is -2.13.